The van der Waals surface area contributed by atoms with Gasteiger partial charge in [0.2, 0.25) is 0 Å². The van der Waals surface area contributed by atoms with Gasteiger partial charge in [-0.15, -0.1) is 0 Å². The van der Waals surface area contributed by atoms with Crippen LogP contribution in [0.3, 0.4) is 0 Å². The Morgan fingerprint density at radius 2 is 2.00 bits per heavy atom. The average Bonchev–Trinajstić information content (AvgIpc) is 2.82. The molecule has 1 heterocycles. The molecule has 0 aliphatic heterocycles. The second kappa shape index (κ2) is 6.23. The van der Waals surface area contributed by atoms with Gasteiger partial charge < -0.3 is 11.1 Å². The number of benzene rings is 1. The molecule has 5 nitrogen and oxygen atoms in total. The number of nitrogens with zero attached hydrogens (tertiary/aromatic N) is 1. The van der Waals surface area contributed by atoms with Gasteiger partial charge in [-0.2, -0.15) is 5.10 Å². The first-order valence-electron chi connectivity index (χ1n) is 6.88. The van der Waals surface area contributed by atoms with Crippen molar-refractivity contribution in [2.75, 3.05) is 11.1 Å². The van der Waals surface area contributed by atoms with Crippen molar-refractivity contribution < 1.29 is 4.79 Å². The number of nitrogens with two attached hydrogens (primary N) is 1. The molecular weight excluding hydrogens is 252 g/mol. The molecule has 2 aromatic rings. The number of rotatable bonds is 5. The number of carbonyl (C=O) groups is 1. The maximum atomic E-state index is 12.1. The molecule has 0 aliphatic carbocycles. The first kappa shape index (κ1) is 14.1. The average molecular weight is 272 g/mol. The molecule has 0 radical (unpaired) electrons. The van der Waals surface area contributed by atoms with Crippen LogP contribution in [0.4, 0.5) is 11.4 Å². The molecule has 4 N–H and O–H groups in total. The van der Waals surface area contributed by atoms with Crippen LogP contribution in [-0.2, 0) is 12.8 Å². The van der Waals surface area contributed by atoms with Gasteiger partial charge in [0, 0.05) is 5.69 Å². The lowest BCUT2D eigenvalue weighted by atomic mass is 10.1. The van der Waals surface area contributed by atoms with Crippen molar-refractivity contribution in [3.8, 4) is 0 Å². The fraction of sp³-hybridized carbons (Fsp3) is 0.333. The number of nitrogen functional groups attached to an aromatic ring is 1. The molecule has 2 rings (SSSR count). The molecule has 0 atom stereocenters. The van der Waals surface area contributed by atoms with Gasteiger partial charge in [-0.1, -0.05) is 32.4 Å². The summed E-state index contributed by atoms with van der Waals surface area (Å²) in [5.74, 6) is -0.290. The van der Waals surface area contributed by atoms with Crippen molar-refractivity contribution in [2.24, 2.45) is 0 Å². The zero-order valence-electron chi connectivity index (χ0n) is 11.9. The van der Waals surface area contributed by atoms with Crippen molar-refractivity contribution in [3.05, 3.63) is 41.2 Å². The molecule has 0 unspecified atom stereocenters. The van der Waals surface area contributed by atoms with Gasteiger partial charge in [-0.25, -0.2) is 0 Å². The summed E-state index contributed by atoms with van der Waals surface area (Å²) in [4.78, 5) is 12.1. The Morgan fingerprint density at radius 3 is 2.55 bits per heavy atom. The van der Waals surface area contributed by atoms with Crippen LogP contribution in [0, 0.1) is 0 Å². The molecule has 5 heteroatoms. The third-order valence-corrected chi connectivity index (χ3v) is 3.20. The summed E-state index contributed by atoms with van der Waals surface area (Å²) in [7, 11) is 0. The maximum absolute atomic E-state index is 12.1. The molecule has 20 heavy (non-hydrogen) atoms. The van der Waals surface area contributed by atoms with Crippen molar-refractivity contribution in [1.82, 2.24) is 10.2 Å². The largest absolute Gasteiger partial charge is 0.395 e. The molecule has 0 aliphatic rings. The van der Waals surface area contributed by atoms with Gasteiger partial charge in [-0.05, 0) is 30.5 Å². The standard InChI is InChI=1S/C15H20N4O/c1-3-5-10-6-8-11(9-7-10)17-15(20)14-13(16)12(4-2)18-19-14/h6-9H,3-5,16H2,1-2H3,(H,17,20)(H,18,19). The molecule has 0 spiro atoms. The number of carbonyl (C=O) groups excluding carboxylic acids is 1. The van der Waals surface area contributed by atoms with E-state index < -0.39 is 0 Å². The van der Waals surface area contributed by atoms with Crippen LogP contribution >= 0.6 is 0 Å². The van der Waals surface area contributed by atoms with Crippen LogP contribution < -0.4 is 11.1 Å². The number of amides is 1. The molecule has 0 saturated heterocycles. The second-order valence-corrected chi connectivity index (χ2v) is 4.72. The second-order valence-electron chi connectivity index (χ2n) is 4.72. The van der Waals surface area contributed by atoms with Crippen molar-refractivity contribution in [2.45, 2.75) is 33.1 Å². The summed E-state index contributed by atoms with van der Waals surface area (Å²) >= 11 is 0. The number of hydrogen-bond donors (Lipinski definition) is 3. The van der Waals surface area contributed by atoms with Gasteiger partial charge in [0.1, 0.15) is 0 Å². The topological polar surface area (TPSA) is 83.8 Å². The number of hydrogen-bond acceptors (Lipinski definition) is 3. The van der Waals surface area contributed by atoms with E-state index in [2.05, 4.69) is 22.4 Å². The fourth-order valence-corrected chi connectivity index (χ4v) is 2.06. The Labute approximate surface area is 118 Å². The third kappa shape index (κ3) is 2.99. The molecule has 0 fully saturated rings. The van der Waals surface area contributed by atoms with Gasteiger partial charge in [0.05, 0.1) is 11.4 Å². The Kier molecular flexibility index (Phi) is 4.40. The highest BCUT2D eigenvalue weighted by Crippen LogP contribution is 2.17. The highest BCUT2D eigenvalue weighted by Gasteiger charge is 2.16. The lowest BCUT2D eigenvalue weighted by Gasteiger charge is -2.05. The summed E-state index contributed by atoms with van der Waals surface area (Å²) in [6, 6.07) is 7.83. The molecule has 0 bridgehead atoms. The van der Waals surface area contributed by atoms with E-state index in [1.54, 1.807) is 0 Å². The number of nitrogens with one attached hydrogen (secondary N) is 2. The van der Waals surface area contributed by atoms with E-state index in [9.17, 15) is 4.79 Å². The van der Waals surface area contributed by atoms with E-state index in [1.807, 2.05) is 31.2 Å². The summed E-state index contributed by atoms with van der Waals surface area (Å²) in [5.41, 5.74) is 9.34. The summed E-state index contributed by atoms with van der Waals surface area (Å²) in [6.45, 7) is 4.10. The van der Waals surface area contributed by atoms with E-state index in [-0.39, 0.29) is 11.6 Å². The molecular formula is C15H20N4O. The fourth-order valence-electron chi connectivity index (χ4n) is 2.06. The summed E-state index contributed by atoms with van der Waals surface area (Å²) < 4.78 is 0. The van der Waals surface area contributed by atoms with Crippen molar-refractivity contribution in [1.29, 1.82) is 0 Å². The van der Waals surface area contributed by atoms with Crippen LogP contribution in [0.5, 0.6) is 0 Å². The molecule has 1 aromatic carbocycles. The van der Waals surface area contributed by atoms with Crippen molar-refractivity contribution in [3.63, 3.8) is 0 Å². The Bertz CT molecular complexity index is 586. The maximum Gasteiger partial charge on any atom is 0.278 e. The van der Waals surface area contributed by atoms with E-state index in [4.69, 9.17) is 5.73 Å². The lowest BCUT2D eigenvalue weighted by molar-refractivity contribution is 0.102. The summed E-state index contributed by atoms with van der Waals surface area (Å²) in [5, 5.41) is 9.55. The van der Waals surface area contributed by atoms with Crippen LogP contribution in [0.15, 0.2) is 24.3 Å². The van der Waals surface area contributed by atoms with Gasteiger partial charge in [-0.3, -0.25) is 9.89 Å². The van der Waals surface area contributed by atoms with Gasteiger partial charge in [0.25, 0.3) is 5.91 Å². The van der Waals surface area contributed by atoms with E-state index >= 15 is 0 Å². The zero-order chi connectivity index (χ0) is 14.5. The predicted octanol–water partition coefficient (Wildman–Crippen LogP) is 2.76. The molecule has 1 amide bonds. The summed E-state index contributed by atoms with van der Waals surface area (Å²) in [6.07, 6.45) is 2.87. The minimum absolute atomic E-state index is 0.250. The number of aryl methyl sites for hydroxylation is 2. The smallest absolute Gasteiger partial charge is 0.278 e. The Hall–Kier alpha value is -2.30. The van der Waals surface area contributed by atoms with Crippen LogP contribution in [0.25, 0.3) is 0 Å². The first-order chi connectivity index (χ1) is 9.65. The Balaban J connectivity index is 2.09. The monoisotopic (exact) mass is 272 g/mol. The number of H-pyrrole nitrogens is 1. The van der Waals surface area contributed by atoms with Crippen LogP contribution in [-0.4, -0.2) is 16.1 Å². The van der Waals surface area contributed by atoms with E-state index in [0.29, 0.717) is 5.69 Å². The number of anilines is 2. The van der Waals surface area contributed by atoms with E-state index in [1.165, 1.54) is 5.56 Å². The van der Waals surface area contributed by atoms with Crippen molar-refractivity contribution >= 4 is 17.3 Å². The Morgan fingerprint density at radius 1 is 1.30 bits per heavy atom. The lowest BCUT2D eigenvalue weighted by Crippen LogP contribution is -2.14. The molecule has 0 saturated carbocycles. The highest BCUT2D eigenvalue weighted by atomic mass is 16.2. The first-order valence-corrected chi connectivity index (χ1v) is 6.88. The molecule has 1 aromatic heterocycles. The molecule has 106 valence electrons. The zero-order valence-corrected chi connectivity index (χ0v) is 11.9. The minimum atomic E-state index is -0.290. The number of aromatic amines is 1. The predicted molar refractivity (Wildman–Crippen MR) is 80.8 cm³/mol. The quantitative estimate of drug-likeness (QED) is 0.782. The number of aromatic nitrogens is 2. The van der Waals surface area contributed by atoms with Gasteiger partial charge >= 0.3 is 0 Å². The highest BCUT2D eigenvalue weighted by molar-refractivity contribution is 6.06. The normalized spacial score (nSPS) is 10.5. The van der Waals surface area contributed by atoms with E-state index in [0.717, 1.165) is 30.6 Å². The van der Waals surface area contributed by atoms with Gasteiger partial charge in [0.15, 0.2) is 5.69 Å². The third-order valence-electron chi connectivity index (χ3n) is 3.20. The van der Waals surface area contributed by atoms with Crippen LogP contribution in [0.2, 0.25) is 0 Å². The SMILES string of the molecule is CCCc1ccc(NC(=O)c2n[nH]c(CC)c2N)cc1. The minimum Gasteiger partial charge on any atom is -0.395 e. The van der Waals surface area contributed by atoms with Crippen LogP contribution in [0.1, 0.15) is 42.0 Å².